The van der Waals surface area contributed by atoms with Crippen molar-refractivity contribution in [3.8, 4) is 11.1 Å². The zero-order valence-corrected chi connectivity index (χ0v) is 11.8. The number of rotatable bonds is 3. The third-order valence-corrected chi connectivity index (χ3v) is 3.62. The number of halogens is 3. The molecule has 0 aliphatic heterocycles. The molecule has 108 valence electrons. The van der Waals surface area contributed by atoms with Gasteiger partial charge in [0, 0.05) is 17.7 Å². The topological polar surface area (TPSA) is 43.6 Å². The monoisotopic (exact) mass is 308 g/mol. The summed E-state index contributed by atoms with van der Waals surface area (Å²) in [6.07, 6.45) is 0.641. The van der Waals surface area contributed by atoms with Crippen LogP contribution in [0.2, 0.25) is 5.02 Å². The molecule has 3 rings (SSSR count). The molecule has 0 saturated heterocycles. The highest BCUT2D eigenvalue weighted by Gasteiger charge is 2.15. The van der Waals surface area contributed by atoms with Crippen molar-refractivity contribution >= 4 is 22.8 Å². The van der Waals surface area contributed by atoms with Crippen LogP contribution in [-0.4, -0.2) is 19.7 Å². The molecule has 0 atom stereocenters. The largest absolute Gasteiger partial charge is 0.314 e. The molecule has 0 N–H and O–H groups in total. The van der Waals surface area contributed by atoms with Gasteiger partial charge in [0.1, 0.15) is 5.52 Å². The van der Waals surface area contributed by atoms with Crippen LogP contribution in [0, 0.1) is 0 Å². The Kier molecular flexibility index (Phi) is 3.55. The predicted octanol–water partition coefficient (Wildman–Crippen LogP) is 4.10. The quantitative estimate of drug-likeness (QED) is 0.731. The highest BCUT2D eigenvalue weighted by atomic mass is 35.5. The molecule has 0 bridgehead atoms. The minimum Gasteiger partial charge on any atom is -0.314 e. The molecule has 0 unspecified atom stereocenters. The molecule has 0 fully saturated rings. The number of aromatic nitrogens is 4. The number of hydrogen-bond acceptors (Lipinski definition) is 3. The number of fused-ring (bicyclic) bond motifs is 1. The second-order valence-electron chi connectivity index (χ2n) is 4.50. The Morgan fingerprint density at radius 2 is 2.14 bits per heavy atom. The van der Waals surface area contributed by atoms with E-state index >= 15 is 0 Å². The van der Waals surface area contributed by atoms with Crippen LogP contribution in [0.4, 0.5) is 8.78 Å². The first-order valence-corrected chi connectivity index (χ1v) is 6.74. The van der Waals surface area contributed by atoms with Gasteiger partial charge >= 0.3 is 0 Å². The van der Waals surface area contributed by atoms with Crippen LogP contribution < -0.4 is 0 Å². The SMILES string of the molecule is CCn1cnc2c(-c3ccc(C(F)F)c(Cl)c3)cnnc21. The van der Waals surface area contributed by atoms with Gasteiger partial charge in [-0.3, -0.25) is 0 Å². The summed E-state index contributed by atoms with van der Waals surface area (Å²) in [5, 5.41) is 8.05. The second kappa shape index (κ2) is 5.37. The van der Waals surface area contributed by atoms with Crippen molar-refractivity contribution in [1.82, 2.24) is 19.7 Å². The third kappa shape index (κ3) is 2.35. The summed E-state index contributed by atoms with van der Waals surface area (Å²) in [6.45, 7) is 2.70. The zero-order chi connectivity index (χ0) is 15.0. The molecule has 2 heterocycles. The summed E-state index contributed by atoms with van der Waals surface area (Å²) in [5.74, 6) is 0. The predicted molar refractivity (Wildman–Crippen MR) is 76.4 cm³/mol. The van der Waals surface area contributed by atoms with Gasteiger partial charge in [-0.25, -0.2) is 13.8 Å². The Morgan fingerprint density at radius 3 is 2.81 bits per heavy atom. The lowest BCUT2D eigenvalue weighted by atomic mass is 10.1. The summed E-state index contributed by atoms with van der Waals surface area (Å²) in [4.78, 5) is 4.32. The maximum atomic E-state index is 12.7. The molecule has 2 aromatic heterocycles. The number of nitrogens with zero attached hydrogens (tertiary/aromatic N) is 4. The van der Waals surface area contributed by atoms with Crippen molar-refractivity contribution in [2.75, 3.05) is 0 Å². The number of benzene rings is 1. The Hall–Kier alpha value is -2.08. The molecule has 0 spiro atoms. The summed E-state index contributed by atoms with van der Waals surface area (Å²) < 4.78 is 27.3. The molecular weight excluding hydrogens is 298 g/mol. The number of alkyl halides is 2. The minimum atomic E-state index is -2.60. The minimum absolute atomic E-state index is 0.0300. The highest BCUT2D eigenvalue weighted by Crippen LogP contribution is 2.33. The number of aryl methyl sites for hydroxylation is 1. The molecule has 7 heteroatoms. The van der Waals surface area contributed by atoms with Crippen LogP contribution in [0.3, 0.4) is 0 Å². The van der Waals surface area contributed by atoms with Crippen molar-refractivity contribution < 1.29 is 8.78 Å². The summed E-state index contributed by atoms with van der Waals surface area (Å²) in [7, 11) is 0. The lowest BCUT2D eigenvalue weighted by Gasteiger charge is -2.07. The fourth-order valence-corrected chi connectivity index (χ4v) is 2.45. The van der Waals surface area contributed by atoms with Gasteiger partial charge in [0.2, 0.25) is 0 Å². The van der Waals surface area contributed by atoms with Crippen molar-refractivity contribution in [3.63, 3.8) is 0 Å². The molecule has 0 radical (unpaired) electrons. The van der Waals surface area contributed by atoms with Crippen LogP contribution >= 0.6 is 11.6 Å². The van der Waals surface area contributed by atoms with E-state index in [0.717, 1.165) is 12.1 Å². The molecular formula is C14H11ClF2N4. The van der Waals surface area contributed by atoms with Crippen molar-refractivity contribution in [3.05, 3.63) is 41.3 Å². The van der Waals surface area contributed by atoms with E-state index < -0.39 is 6.43 Å². The van der Waals surface area contributed by atoms with E-state index in [9.17, 15) is 8.78 Å². The fourth-order valence-electron chi connectivity index (χ4n) is 2.19. The molecule has 4 nitrogen and oxygen atoms in total. The molecule has 0 aliphatic carbocycles. The van der Waals surface area contributed by atoms with Crippen molar-refractivity contribution in [2.45, 2.75) is 19.9 Å². The van der Waals surface area contributed by atoms with Gasteiger partial charge in [-0.15, -0.1) is 5.10 Å². The van der Waals surface area contributed by atoms with Crippen LogP contribution in [0.25, 0.3) is 22.3 Å². The van der Waals surface area contributed by atoms with Gasteiger partial charge in [0.25, 0.3) is 6.43 Å². The number of imidazole rings is 1. The van der Waals surface area contributed by atoms with Gasteiger partial charge in [-0.1, -0.05) is 23.7 Å². The van der Waals surface area contributed by atoms with E-state index in [1.165, 1.54) is 12.1 Å². The Balaban J connectivity index is 2.17. The van der Waals surface area contributed by atoms with Crippen LogP contribution in [0.1, 0.15) is 18.9 Å². The Morgan fingerprint density at radius 1 is 1.33 bits per heavy atom. The highest BCUT2D eigenvalue weighted by molar-refractivity contribution is 6.31. The van der Waals surface area contributed by atoms with Crippen molar-refractivity contribution in [2.24, 2.45) is 0 Å². The molecule has 1 aromatic carbocycles. The maximum absolute atomic E-state index is 12.7. The summed E-state index contributed by atoms with van der Waals surface area (Å²) in [6, 6.07) is 4.42. The van der Waals surface area contributed by atoms with Gasteiger partial charge < -0.3 is 4.57 Å². The Bertz CT molecular complexity index is 801. The van der Waals surface area contributed by atoms with E-state index in [4.69, 9.17) is 11.6 Å². The van der Waals surface area contributed by atoms with E-state index in [-0.39, 0.29) is 10.6 Å². The molecule has 0 aliphatic rings. The maximum Gasteiger partial charge on any atom is 0.265 e. The Labute approximate surface area is 124 Å². The van der Waals surface area contributed by atoms with Gasteiger partial charge in [-0.05, 0) is 18.6 Å². The summed E-state index contributed by atoms with van der Waals surface area (Å²) >= 11 is 5.92. The number of hydrogen-bond donors (Lipinski definition) is 0. The smallest absolute Gasteiger partial charge is 0.265 e. The fraction of sp³-hybridized carbons (Fsp3) is 0.214. The first-order chi connectivity index (χ1) is 10.1. The second-order valence-corrected chi connectivity index (χ2v) is 4.91. The van der Waals surface area contributed by atoms with Crippen LogP contribution in [-0.2, 0) is 6.54 Å². The lowest BCUT2D eigenvalue weighted by molar-refractivity contribution is 0.151. The van der Waals surface area contributed by atoms with E-state index in [1.54, 1.807) is 18.6 Å². The molecule has 0 saturated carbocycles. The standard InChI is InChI=1S/C14H11ClF2N4/c1-2-21-7-18-12-10(6-19-20-14(12)21)8-3-4-9(13(16)17)11(15)5-8/h3-7,13H,2H2,1H3. The average molecular weight is 309 g/mol. The van der Waals surface area contributed by atoms with E-state index in [0.29, 0.717) is 16.7 Å². The third-order valence-electron chi connectivity index (χ3n) is 3.29. The molecule has 0 amide bonds. The molecule has 21 heavy (non-hydrogen) atoms. The normalized spacial score (nSPS) is 11.5. The lowest BCUT2D eigenvalue weighted by Crippen LogP contribution is -1.95. The van der Waals surface area contributed by atoms with Gasteiger partial charge in [0.15, 0.2) is 5.65 Å². The van der Waals surface area contributed by atoms with Gasteiger partial charge in [-0.2, -0.15) is 5.10 Å². The zero-order valence-electron chi connectivity index (χ0n) is 11.1. The summed E-state index contributed by atoms with van der Waals surface area (Å²) in [5.41, 5.74) is 2.55. The first kappa shape index (κ1) is 13.9. The van der Waals surface area contributed by atoms with Crippen LogP contribution in [0.5, 0.6) is 0 Å². The molecule has 3 aromatic rings. The first-order valence-electron chi connectivity index (χ1n) is 6.36. The van der Waals surface area contributed by atoms with Crippen LogP contribution in [0.15, 0.2) is 30.7 Å². The van der Waals surface area contributed by atoms with Crippen molar-refractivity contribution in [1.29, 1.82) is 0 Å². The average Bonchev–Trinajstić information content (AvgIpc) is 2.89. The van der Waals surface area contributed by atoms with Gasteiger partial charge in [0.05, 0.1) is 17.5 Å². The van der Waals surface area contributed by atoms with E-state index in [2.05, 4.69) is 15.2 Å². The van der Waals surface area contributed by atoms with E-state index in [1.807, 2.05) is 11.5 Å².